The molecule has 2 aliphatic rings. The Morgan fingerprint density at radius 1 is 1.30 bits per heavy atom. The molecule has 1 unspecified atom stereocenters. The number of hydrogen-bond donors (Lipinski definition) is 0. The van der Waals surface area contributed by atoms with Crippen LogP contribution in [-0.4, -0.2) is 62.5 Å². The summed E-state index contributed by atoms with van der Waals surface area (Å²) in [7, 11) is 0. The van der Waals surface area contributed by atoms with Crippen molar-refractivity contribution in [3.05, 3.63) is 23.8 Å². The summed E-state index contributed by atoms with van der Waals surface area (Å²) < 4.78 is 12.8. The molecule has 0 saturated carbocycles. The van der Waals surface area contributed by atoms with E-state index in [1.807, 2.05) is 13.0 Å². The second kappa shape index (κ2) is 5.86. The highest BCUT2D eigenvalue weighted by Crippen LogP contribution is 2.25. The van der Waals surface area contributed by atoms with Gasteiger partial charge in [0.2, 0.25) is 5.82 Å². The number of carbonyl (C=O) groups excluding carboxylic acids is 1. The Balaban J connectivity index is 1.63. The number of likely N-dealkylation sites (tertiary alicyclic amines) is 1. The molecule has 8 nitrogen and oxygen atoms in total. The molecule has 0 spiro atoms. The van der Waals surface area contributed by atoms with Crippen molar-refractivity contribution in [1.82, 2.24) is 24.5 Å². The number of hydrogen-bond acceptors (Lipinski definition) is 6. The zero-order valence-electron chi connectivity index (χ0n) is 13.0. The molecule has 8 heteroatoms. The molecule has 0 aliphatic carbocycles. The van der Waals surface area contributed by atoms with Crippen molar-refractivity contribution in [2.24, 2.45) is 0 Å². The van der Waals surface area contributed by atoms with E-state index in [1.165, 1.54) is 0 Å². The third-order valence-electron chi connectivity index (χ3n) is 4.39. The van der Waals surface area contributed by atoms with Crippen molar-refractivity contribution < 1.29 is 14.3 Å². The van der Waals surface area contributed by atoms with Crippen molar-refractivity contribution >= 4 is 11.7 Å². The number of rotatable bonds is 2. The van der Waals surface area contributed by atoms with Crippen LogP contribution in [0.1, 0.15) is 35.6 Å². The third kappa shape index (κ3) is 2.57. The van der Waals surface area contributed by atoms with Gasteiger partial charge in [-0.2, -0.15) is 4.98 Å². The molecular formula is C15H19N5O3. The fourth-order valence-corrected chi connectivity index (χ4v) is 3.22. The molecule has 1 atom stereocenters. The van der Waals surface area contributed by atoms with E-state index in [2.05, 4.69) is 15.1 Å². The van der Waals surface area contributed by atoms with E-state index in [0.717, 1.165) is 25.0 Å². The molecule has 23 heavy (non-hydrogen) atoms. The summed E-state index contributed by atoms with van der Waals surface area (Å²) in [5.41, 5.74) is 0.888. The Morgan fingerprint density at radius 3 is 2.91 bits per heavy atom. The molecule has 0 bridgehead atoms. The smallest absolute Gasteiger partial charge is 0.294 e. The van der Waals surface area contributed by atoms with Crippen LogP contribution >= 0.6 is 0 Å². The predicted molar refractivity (Wildman–Crippen MR) is 79.9 cm³/mol. The fraction of sp³-hybridized carbons (Fsp3) is 0.600. The van der Waals surface area contributed by atoms with Gasteiger partial charge in [0, 0.05) is 18.4 Å². The fourth-order valence-electron chi connectivity index (χ4n) is 3.22. The van der Waals surface area contributed by atoms with E-state index in [-0.39, 0.29) is 24.1 Å². The standard InChI is InChI=1S/C15H19N5O3/c1-10-5-6-16-15-17-12(18-20(10)15)13(21)19-7-3-2-4-11(19)14-22-8-9-23-14/h5-6,11,14H,2-4,7-9H2,1H3. The van der Waals surface area contributed by atoms with Crippen molar-refractivity contribution in [2.75, 3.05) is 19.8 Å². The average Bonchev–Trinajstić information content (AvgIpc) is 3.24. The lowest BCUT2D eigenvalue weighted by Crippen LogP contribution is -2.50. The lowest BCUT2D eigenvalue weighted by molar-refractivity contribution is -0.100. The van der Waals surface area contributed by atoms with Crippen molar-refractivity contribution in [2.45, 2.75) is 38.5 Å². The van der Waals surface area contributed by atoms with Crippen LogP contribution in [0.25, 0.3) is 5.78 Å². The van der Waals surface area contributed by atoms with Gasteiger partial charge in [-0.15, -0.1) is 5.10 Å². The number of aryl methyl sites for hydroxylation is 1. The highest BCUT2D eigenvalue weighted by Gasteiger charge is 2.37. The number of fused-ring (bicyclic) bond motifs is 1. The lowest BCUT2D eigenvalue weighted by atomic mass is 10.0. The number of aromatic nitrogens is 4. The minimum Gasteiger partial charge on any atom is -0.348 e. The summed E-state index contributed by atoms with van der Waals surface area (Å²) in [5.74, 6) is 0.436. The number of carbonyl (C=O) groups is 1. The number of ether oxygens (including phenoxy) is 2. The first-order valence-corrected chi connectivity index (χ1v) is 7.96. The van der Waals surface area contributed by atoms with E-state index < -0.39 is 0 Å². The summed E-state index contributed by atoms with van der Waals surface area (Å²) >= 11 is 0. The van der Waals surface area contributed by atoms with Gasteiger partial charge in [0.25, 0.3) is 11.7 Å². The Labute approximate surface area is 133 Å². The van der Waals surface area contributed by atoms with Gasteiger partial charge in [-0.25, -0.2) is 9.50 Å². The quantitative estimate of drug-likeness (QED) is 0.815. The summed E-state index contributed by atoms with van der Waals surface area (Å²) in [6.07, 6.45) is 4.24. The molecule has 2 aromatic heterocycles. The average molecular weight is 317 g/mol. The zero-order chi connectivity index (χ0) is 15.8. The van der Waals surface area contributed by atoms with Crippen molar-refractivity contribution in [3.63, 3.8) is 0 Å². The van der Waals surface area contributed by atoms with Crippen LogP contribution in [0.2, 0.25) is 0 Å². The molecule has 4 heterocycles. The molecule has 122 valence electrons. The first-order valence-electron chi connectivity index (χ1n) is 7.96. The van der Waals surface area contributed by atoms with Gasteiger partial charge >= 0.3 is 0 Å². The van der Waals surface area contributed by atoms with Gasteiger partial charge in [-0.05, 0) is 32.3 Å². The Hall–Kier alpha value is -2.06. The molecule has 2 fully saturated rings. The minimum atomic E-state index is -0.337. The van der Waals surface area contributed by atoms with E-state index in [4.69, 9.17) is 9.47 Å². The van der Waals surface area contributed by atoms with Crippen LogP contribution in [0.3, 0.4) is 0 Å². The second-order valence-electron chi connectivity index (χ2n) is 5.91. The minimum absolute atomic E-state index is 0.0700. The van der Waals surface area contributed by atoms with E-state index in [1.54, 1.807) is 15.6 Å². The Bertz CT molecular complexity index is 725. The predicted octanol–water partition coefficient (Wildman–Crippen LogP) is 0.800. The molecule has 4 rings (SSSR count). The highest BCUT2D eigenvalue weighted by molar-refractivity contribution is 5.91. The Morgan fingerprint density at radius 2 is 2.13 bits per heavy atom. The van der Waals surface area contributed by atoms with Crippen molar-refractivity contribution in [1.29, 1.82) is 0 Å². The highest BCUT2D eigenvalue weighted by atomic mass is 16.7. The summed E-state index contributed by atoms with van der Waals surface area (Å²) in [4.78, 5) is 23.1. The van der Waals surface area contributed by atoms with Gasteiger partial charge in [-0.3, -0.25) is 4.79 Å². The van der Waals surface area contributed by atoms with Gasteiger partial charge < -0.3 is 14.4 Å². The lowest BCUT2D eigenvalue weighted by Gasteiger charge is -2.37. The molecule has 1 amide bonds. The van der Waals surface area contributed by atoms with Crippen molar-refractivity contribution in [3.8, 4) is 0 Å². The van der Waals surface area contributed by atoms with E-state index in [9.17, 15) is 4.79 Å². The molecule has 0 radical (unpaired) electrons. The molecular weight excluding hydrogens is 298 g/mol. The van der Waals surface area contributed by atoms with E-state index >= 15 is 0 Å². The molecule has 2 aliphatic heterocycles. The first-order chi connectivity index (χ1) is 11.2. The van der Waals surface area contributed by atoms with Crippen LogP contribution in [-0.2, 0) is 9.47 Å². The zero-order valence-corrected chi connectivity index (χ0v) is 13.0. The first kappa shape index (κ1) is 14.5. The van der Waals surface area contributed by atoms with Gasteiger partial charge in [0.15, 0.2) is 6.29 Å². The monoisotopic (exact) mass is 317 g/mol. The van der Waals surface area contributed by atoms with Gasteiger partial charge in [-0.1, -0.05) is 0 Å². The maximum absolute atomic E-state index is 12.9. The summed E-state index contributed by atoms with van der Waals surface area (Å²) in [6.45, 7) is 3.74. The second-order valence-corrected chi connectivity index (χ2v) is 5.91. The maximum Gasteiger partial charge on any atom is 0.294 e. The number of piperidine rings is 1. The van der Waals surface area contributed by atoms with E-state index in [0.29, 0.717) is 25.5 Å². The van der Waals surface area contributed by atoms with Crippen LogP contribution in [0.4, 0.5) is 0 Å². The topological polar surface area (TPSA) is 81.9 Å². The largest absolute Gasteiger partial charge is 0.348 e. The SMILES string of the molecule is Cc1ccnc2nc(C(=O)N3CCCCC3C3OCCO3)nn12. The number of nitrogens with zero attached hydrogens (tertiary/aromatic N) is 5. The number of amides is 1. The maximum atomic E-state index is 12.9. The summed E-state index contributed by atoms with van der Waals surface area (Å²) in [6, 6.07) is 1.76. The van der Waals surface area contributed by atoms with Crippen LogP contribution in [0.15, 0.2) is 12.3 Å². The summed E-state index contributed by atoms with van der Waals surface area (Å²) in [5, 5.41) is 4.32. The van der Waals surface area contributed by atoms with Crippen LogP contribution < -0.4 is 0 Å². The Kier molecular flexibility index (Phi) is 3.70. The van der Waals surface area contributed by atoms with Crippen LogP contribution in [0.5, 0.6) is 0 Å². The molecule has 0 N–H and O–H groups in total. The molecule has 2 saturated heterocycles. The van der Waals surface area contributed by atoms with Crippen LogP contribution in [0, 0.1) is 6.92 Å². The molecule has 0 aromatic carbocycles. The van der Waals surface area contributed by atoms with Gasteiger partial charge in [0.05, 0.1) is 19.3 Å². The third-order valence-corrected chi connectivity index (χ3v) is 4.39. The van der Waals surface area contributed by atoms with Gasteiger partial charge in [0.1, 0.15) is 0 Å². The molecule has 2 aromatic rings. The normalized spacial score (nSPS) is 22.8.